The van der Waals surface area contributed by atoms with E-state index in [1.165, 1.54) is 49.0 Å². The number of fused-ring (bicyclic) bond motifs is 2. The molecule has 29 heteroatoms. The highest BCUT2D eigenvalue weighted by atomic mass is 35.5. The Morgan fingerprint density at radius 2 is 0.967 bits per heavy atom. The van der Waals surface area contributed by atoms with E-state index in [1.54, 1.807) is 131 Å². The van der Waals surface area contributed by atoms with Crippen molar-refractivity contribution in [3.8, 4) is 51.7 Å². The van der Waals surface area contributed by atoms with E-state index in [-0.39, 0.29) is 27.7 Å². The minimum Gasteiger partial charge on any atom is -1.00 e. The van der Waals surface area contributed by atoms with Crippen LogP contribution in [-0.2, 0) is 17.5 Å². The number of carbonyl (C=O) groups excluding carboxylic acids is 3. The third-order valence-corrected chi connectivity index (χ3v) is 14.5. The van der Waals surface area contributed by atoms with Crippen LogP contribution in [0.3, 0.4) is 0 Å². The third kappa shape index (κ3) is 20.5. The summed E-state index contributed by atoms with van der Waals surface area (Å²) in [6.45, 7) is 0. The summed E-state index contributed by atoms with van der Waals surface area (Å²) in [5, 5.41) is 21.2. The summed E-state index contributed by atoms with van der Waals surface area (Å²) in [5.41, 5.74) is 13.1. The number of hydrogen-bond donors (Lipinski definition) is 6. The molecule has 0 unspecified atom stereocenters. The summed E-state index contributed by atoms with van der Waals surface area (Å²) in [5.74, 6) is 5.39. The van der Waals surface area contributed by atoms with Gasteiger partial charge in [0.25, 0.3) is 17.1 Å². The average Bonchev–Trinajstić information content (AvgIpc) is 1.42. The van der Waals surface area contributed by atoms with E-state index in [0.29, 0.717) is 113 Å². The molecular formula is C62H66BCl3N11O12S2-. The lowest BCUT2D eigenvalue weighted by atomic mass is 10.1. The van der Waals surface area contributed by atoms with Crippen molar-refractivity contribution in [2.24, 2.45) is 0 Å². The normalized spacial score (nSPS) is 9.98. The van der Waals surface area contributed by atoms with E-state index < -0.39 is 5.24 Å². The third-order valence-electron chi connectivity index (χ3n) is 12.2. The zero-order valence-electron chi connectivity index (χ0n) is 50.1. The summed E-state index contributed by atoms with van der Waals surface area (Å²) in [6, 6.07) is 31.6. The topological polar surface area (TPSA) is 296 Å². The Morgan fingerprint density at radius 1 is 0.549 bits per heavy atom. The van der Waals surface area contributed by atoms with Crippen molar-refractivity contribution in [3.63, 3.8) is 0 Å². The number of aromatic amines is 3. The summed E-state index contributed by atoms with van der Waals surface area (Å²) in [4.78, 5) is 51.1. The first-order valence-electron chi connectivity index (χ1n) is 26.1. The number of anilines is 3. The van der Waals surface area contributed by atoms with Crippen LogP contribution < -0.4 is 59.0 Å². The molecule has 0 spiro atoms. The molecule has 7 N–H and O–H groups in total. The van der Waals surface area contributed by atoms with Crippen LogP contribution in [-0.4, -0.2) is 130 Å². The highest BCUT2D eigenvalue weighted by Gasteiger charge is 2.18. The van der Waals surface area contributed by atoms with Gasteiger partial charge < -0.3 is 72.4 Å². The first-order chi connectivity index (χ1) is 43.1. The van der Waals surface area contributed by atoms with E-state index in [0.717, 1.165) is 38.1 Å². The minimum atomic E-state index is -0.447. The molecule has 6 aromatic carbocycles. The fourth-order valence-electron chi connectivity index (χ4n) is 7.98. The minimum absolute atomic E-state index is 0. The number of H-pyrrole nitrogens is 3. The molecule has 23 nitrogen and oxygen atoms in total. The number of hydrogen-bond acceptors (Lipinski definition) is 20. The number of aromatic nitrogens is 8. The largest absolute Gasteiger partial charge is 1.00 e. The van der Waals surface area contributed by atoms with Gasteiger partial charge in [0.1, 0.15) is 21.6 Å². The van der Waals surface area contributed by atoms with Gasteiger partial charge in [0.05, 0.1) is 93.5 Å². The number of halogens is 3. The molecule has 0 fully saturated rings. The smallest absolute Gasteiger partial charge is 0.255 e. The van der Waals surface area contributed by atoms with Gasteiger partial charge >= 0.3 is 0 Å². The van der Waals surface area contributed by atoms with Gasteiger partial charge in [0, 0.05) is 87.7 Å². The zero-order valence-corrected chi connectivity index (χ0v) is 54.0. The van der Waals surface area contributed by atoms with Crippen LogP contribution >= 0.6 is 58.8 Å². The lowest BCUT2D eigenvalue weighted by Crippen LogP contribution is -2.12. The number of thioether (sulfide) groups is 1. The van der Waals surface area contributed by atoms with Gasteiger partial charge in [-0.05, 0) is 58.6 Å². The standard InChI is InChI=1S/C22H21N5O4S.C17H18ClNO4.C9H13NO3.C8H6Cl2O.C5H4N4S.CH4.B/c1-29-17-8-15(9-18(30-2)19(17)31-3)26-21(28)14-6-4-5-13(7-14)11-32-22-16-10-25-27-20(16)23-12-24-22;1-21-14-8-13(9-15(22-2)16(14)23-3)19-17(20)12-6-4-5-11(7-12)10-18;1-11-7-4-6(10)5-8(12-2)9(7)13-3;9-5-6-2-1-3-7(4-6)8(10)11;10-5-3-1-8-9-4(3)6-2-7-5;;/h4-10,12H,11H2,1-3H3,(H,26,28)(H,23,24,25,27);4-9H,10H2,1-3H3,(H,19,20);4-5H,10H2,1-3H3;1-4H,5H2;1-2H,(H2,6,7,8,9,10);1H4;/q;;;;;;-1. The number of nitrogen functional groups attached to an aromatic ring is 1. The Hall–Kier alpha value is -9.47. The number of amides is 2. The Morgan fingerprint density at radius 3 is 1.41 bits per heavy atom. The van der Waals surface area contributed by atoms with Gasteiger partial charge in [0.15, 0.2) is 40.1 Å². The quantitative estimate of drug-likeness (QED) is 0.00834. The van der Waals surface area contributed by atoms with Crippen LogP contribution in [0.25, 0.3) is 22.1 Å². The maximum absolute atomic E-state index is 12.9. The van der Waals surface area contributed by atoms with Crippen molar-refractivity contribution in [2.45, 2.75) is 30.0 Å². The van der Waals surface area contributed by atoms with Gasteiger partial charge in [-0.15, -0.1) is 35.0 Å². The number of rotatable bonds is 19. The van der Waals surface area contributed by atoms with Crippen molar-refractivity contribution in [1.29, 1.82) is 0 Å². The van der Waals surface area contributed by atoms with E-state index in [4.69, 9.17) is 95.4 Å². The predicted octanol–water partition coefficient (Wildman–Crippen LogP) is 13.0. The van der Waals surface area contributed by atoms with Crippen molar-refractivity contribution >= 4 is 123 Å². The van der Waals surface area contributed by atoms with Crippen molar-refractivity contribution in [2.75, 3.05) is 80.4 Å². The molecular weight excluding hydrogens is 1270 g/mol. The van der Waals surface area contributed by atoms with Crippen LogP contribution in [0.4, 0.5) is 17.1 Å². The van der Waals surface area contributed by atoms with Crippen molar-refractivity contribution in [3.05, 3.63) is 172 Å². The molecule has 10 aromatic rings. The number of alkyl halides is 2. The van der Waals surface area contributed by atoms with E-state index in [2.05, 4.69) is 51.0 Å². The number of benzene rings is 6. The molecule has 0 aliphatic carbocycles. The molecule has 10 rings (SSSR count). The lowest BCUT2D eigenvalue weighted by molar-refractivity contribution is 0.101. The summed E-state index contributed by atoms with van der Waals surface area (Å²) < 4.78 is 47.6. The van der Waals surface area contributed by atoms with Crippen LogP contribution in [0.2, 0.25) is 0 Å². The number of methoxy groups -OCH3 is 9. The Bertz CT molecular complexity index is 4000. The lowest BCUT2D eigenvalue weighted by Gasteiger charge is -2.14. The first-order valence-corrected chi connectivity index (χ1v) is 28.9. The van der Waals surface area contributed by atoms with Gasteiger partial charge in [-0.2, -0.15) is 10.2 Å². The van der Waals surface area contributed by atoms with Crippen molar-refractivity contribution < 1.29 is 57.0 Å². The highest BCUT2D eigenvalue weighted by Crippen LogP contribution is 2.42. The van der Waals surface area contributed by atoms with Gasteiger partial charge in [-0.1, -0.05) is 62.1 Å². The van der Waals surface area contributed by atoms with E-state index in [1.807, 2.05) is 30.3 Å². The molecule has 0 bridgehead atoms. The Kier molecular flexibility index (Phi) is 30.5. The second-order valence-corrected chi connectivity index (χ2v) is 20.0. The SMILES string of the molecule is C.COc1cc(N)cc(OC)c1OC.COc1cc(NC(=O)c2cccc(CCl)c2)cc(OC)c1OC.COc1cc(NC(=O)c2cccc(CSc3ncnc4[nH]ncc34)c2)cc(OC)c1OC.O=C(Cl)c1cccc(CCl)c1.S=c1nc[nH]c2[nH]ncc12.[B-]. The Labute approximate surface area is 551 Å². The van der Waals surface area contributed by atoms with Gasteiger partial charge in [-0.25, -0.2) is 15.0 Å². The molecule has 0 aliphatic rings. The fraction of sp³-hybridized carbons (Fsp3) is 0.210. The monoisotopic (exact) mass is 1340 g/mol. The molecule has 0 saturated carbocycles. The maximum Gasteiger partial charge on any atom is 0.255 e. The molecule has 2 amide bonds. The molecule has 0 aliphatic heterocycles. The molecule has 4 heterocycles. The second-order valence-electron chi connectivity index (χ2n) is 17.8. The van der Waals surface area contributed by atoms with Gasteiger partial charge in [-0.3, -0.25) is 24.6 Å². The molecule has 0 saturated heterocycles. The van der Waals surface area contributed by atoms with Gasteiger partial charge in [0.2, 0.25) is 17.2 Å². The van der Waals surface area contributed by atoms with Crippen LogP contribution in [0, 0.1) is 4.64 Å². The van der Waals surface area contributed by atoms with E-state index in [9.17, 15) is 14.4 Å². The molecule has 0 atom stereocenters. The predicted molar refractivity (Wildman–Crippen MR) is 360 cm³/mol. The molecule has 4 radical (unpaired) electrons. The van der Waals surface area contributed by atoms with Crippen LogP contribution in [0.1, 0.15) is 55.2 Å². The zero-order chi connectivity index (χ0) is 64.4. The average molecular weight is 1340 g/mol. The Balaban J connectivity index is 0.000000261. The number of carbonyl (C=O) groups is 3. The number of nitrogens with one attached hydrogen (secondary N) is 5. The maximum atomic E-state index is 12.9. The first kappa shape index (κ1) is 74.0. The number of nitrogens with two attached hydrogens (primary N) is 1. The summed E-state index contributed by atoms with van der Waals surface area (Å²) in [6.07, 6.45) is 6.41. The number of nitrogens with zero attached hydrogens (tertiary/aromatic N) is 5. The van der Waals surface area contributed by atoms with Crippen LogP contribution in [0.15, 0.2) is 139 Å². The second kappa shape index (κ2) is 37.5. The molecule has 478 valence electrons. The van der Waals surface area contributed by atoms with Crippen molar-refractivity contribution in [1.82, 2.24) is 40.3 Å². The molecule has 4 aromatic heterocycles. The van der Waals surface area contributed by atoms with Crippen LogP contribution in [0.5, 0.6) is 51.7 Å². The summed E-state index contributed by atoms with van der Waals surface area (Å²) in [7, 11) is 13.8. The molecule has 91 heavy (non-hydrogen) atoms. The summed E-state index contributed by atoms with van der Waals surface area (Å²) >= 11 is 23.1. The fourth-order valence-corrected chi connectivity index (χ4v) is 9.55. The van der Waals surface area contributed by atoms with E-state index >= 15 is 0 Å². The number of ether oxygens (including phenoxy) is 9. The highest BCUT2D eigenvalue weighted by molar-refractivity contribution is 7.98.